The third-order valence-corrected chi connectivity index (χ3v) is 5.23. The number of pyridine rings is 1. The molecule has 1 atom stereocenters. The summed E-state index contributed by atoms with van der Waals surface area (Å²) >= 11 is 0. The highest BCUT2D eigenvalue weighted by molar-refractivity contribution is 14.0. The monoisotopic (exact) mass is 507 g/mol. The number of aryl methyl sites for hydroxylation is 1. The van der Waals surface area contributed by atoms with E-state index in [1.54, 1.807) is 0 Å². The second-order valence-corrected chi connectivity index (χ2v) is 7.60. The van der Waals surface area contributed by atoms with Crippen molar-refractivity contribution in [1.29, 1.82) is 0 Å². The number of hydrogen-bond acceptors (Lipinski definition) is 3. The lowest BCUT2D eigenvalue weighted by Crippen LogP contribution is -2.39. The van der Waals surface area contributed by atoms with Crippen LogP contribution in [0.4, 0.5) is 5.82 Å². The summed E-state index contributed by atoms with van der Waals surface area (Å²) in [7, 11) is 0. The van der Waals surface area contributed by atoms with Gasteiger partial charge in [-0.15, -0.1) is 24.0 Å². The Morgan fingerprint density at radius 1 is 1.14 bits per heavy atom. The molecular weight excluding hydrogens is 473 g/mol. The van der Waals surface area contributed by atoms with Crippen molar-refractivity contribution in [3.63, 3.8) is 0 Å². The lowest BCUT2D eigenvalue weighted by molar-refractivity contribution is 0.699. The maximum atomic E-state index is 4.78. The van der Waals surface area contributed by atoms with Gasteiger partial charge in [0.25, 0.3) is 0 Å². The quantitative estimate of drug-likeness (QED) is 0.330. The first-order valence-electron chi connectivity index (χ1n) is 10.4. The Balaban J connectivity index is 0.00000300. The minimum Gasteiger partial charge on any atom is -0.357 e. The number of nitrogens with zero attached hydrogens (tertiary/aromatic N) is 3. The van der Waals surface area contributed by atoms with E-state index in [0.717, 1.165) is 38.0 Å². The summed E-state index contributed by atoms with van der Waals surface area (Å²) in [5, 5.41) is 6.84. The average Bonchev–Trinajstić information content (AvgIpc) is 3.25. The van der Waals surface area contributed by atoms with E-state index in [4.69, 9.17) is 4.99 Å². The summed E-state index contributed by atoms with van der Waals surface area (Å²) in [5.41, 5.74) is 3.84. The molecule has 1 aliphatic heterocycles. The van der Waals surface area contributed by atoms with Gasteiger partial charge in [0, 0.05) is 32.4 Å². The predicted molar refractivity (Wildman–Crippen MR) is 134 cm³/mol. The summed E-state index contributed by atoms with van der Waals surface area (Å²) in [6, 6.07) is 13.0. The Kier molecular flexibility index (Phi) is 9.70. The zero-order valence-corrected chi connectivity index (χ0v) is 20.1. The number of nitrogens with one attached hydrogen (secondary N) is 2. The van der Waals surface area contributed by atoms with Crippen LogP contribution in [0.5, 0.6) is 0 Å². The molecule has 6 heteroatoms. The van der Waals surface area contributed by atoms with Crippen LogP contribution in [-0.4, -0.2) is 37.1 Å². The fourth-order valence-electron chi connectivity index (χ4n) is 3.45. The van der Waals surface area contributed by atoms with Crippen molar-refractivity contribution >= 4 is 35.8 Å². The van der Waals surface area contributed by atoms with Crippen LogP contribution < -0.4 is 15.5 Å². The highest BCUT2D eigenvalue weighted by Gasteiger charge is 2.13. The standard InChI is InChI=1S/C23H33N5.HI/c1-4-24-23(26-16-19(3)21-9-7-18(2)8-10-21)27-17-20-11-12-25-22(15-20)28-13-5-6-14-28;/h7-12,15,19H,4-6,13-14,16-17H2,1-3H3,(H2,24,26,27);1H. The van der Waals surface area contributed by atoms with Crippen LogP contribution in [0.2, 0.25) is 0 Å². The van der Waals surface area contributed by atoms with Crippen LogP contribution in [-0.2, 0) is 6.54 Å². The Morgan fingerprint density at radius 2 is 1.86 bits per heavy atom. The van der Waals surface area contributed by atoms with E-state index in [1.807, 2.05) is 6.20 Å². The number of rotatable bonds is 7. The van der Waals surface area contributed by atoms with Crippen LogP contribution in [0, 0.1) is 6.92 Å². The predicted octanol–water partition coefficient (Wildman–Crippen LogP) is 4.47. The van der Waals surface area contributed by atoms with Gasteiger partial charge in [0.2, 0.25) is 0 Å². The van der Waals surface area contributed by atoms with Gasteiger partial charge < -0.3 is 15.5 Å². The van der Waals surface area contributed by atoms with Gasteiger partial charge in [-0.25, -0.2) is 9.98 Å². The number of guanidine groups is 1. The zero-order valence-electron chi connectivity index (χ0n) is 17.8. The third kappa shape index (κ3) is 7.17. The number of halogens is 1. The molecule has 1 aliphatic rings. The van der Waals surface area contributed by atoms with E-state index < -0.39 is 0 Å². The van der Waals surface area contributed by atoms with Gasteiger partial charge in [-0.05, 0) is 55.9 Å². The van der Waals surface area contributed by atoms with Crippen molar-refractivity contribution in [3.8, 4) is 0 Å². The molecule has 0 spiro atoms. The molecule has 1 aromatic carbocycles. The fourth-order valence-corrected chi connectivity index (χ4v) is 3.45. The molecule has 3 rings (SSSR count). The first kappa shape index (κ1) is 23.4. The number of aromatic nitrogens is 1. The molecule has 0 radical (unpaired) electrons. The minimum absolute atomic E-state index is 0. The second kappa shape index (κ2) is 12.0. The number of anilines is 1. The molecule has 1 aromatic heterocycles. The highest BCUT2D eigenvalue weighted by atomic mass is 127. The molecule has 2 heterocycles. The summed E-state index contributed by atoms with van der Waals surface area (Å²) < 4.78 is 0. The Bertz CT molecular complexity index is 769. The van der Waals surface area contributed by atoms with E-state index in [-0.39, 0.29) is 24.0 Å². The normalized spacial score (nSPS) is 15.0. The molecule has 5 nitrogen and oxygen atoms in total. The third-order valence-electron chi connectivity index (χ3n) is 5.23. The first-order valence-corrected chi connectivity index (χ1v) is 10.4. The number of benzene rings is 1. The lowest BCUT2D eigenvalue weighted by Gasteiger charge is -2.17. The summed E-state index contributed by atoms with van der Waals surface area (Å²) in [4.78, 5) is 11.7. The highest BCUT2D eigenvalue weighted by Crippen LogP contribution is 2.19. The lowest BCUT2D eigenvalue weighted by atomic mass is 10.0. The van der Waals surface area contributed by atoms with Crippen LogP contribution in [0.25, 0.3) is 0 Å². The van der Waals surface area contributed by atoms with Crippen molar-refractivity contribution in [2.24, 2.45) is 4.99 Å². The van der Waals surface area contributed by atoms with Crippen LogP contribution in [0.3, 0.4) is 0 Å². The van der Waals surface area contributed by atoms with E-state index in [0.29, 0.717) is 12.5 Å². The Labute approximate surface area is 192 Å². The van der Waals surface area contributed by atoms with Gasteiger partial charge in [-0.1, -0.05) is 36.8 Å². The van der Waals surface area contributed by atoms with E-state index in [2.05, 4.69) is 77.7 Å². The number of hydrogen-bond donors (Lipinski definition) is 2. The molecule has 0 bridgehead atoms. The van der Waals surface area contributed by atoms with Gasteiger partial charge in [-0.2, -0.15) is 0 Å². The van der Waals surface area contributed by atoms with Crippen molar-refractivity contribution in [3.05, 3.63) is 59.3 Å². The smallest absolute Gasteiger partial charge is 0.191 e. The average molecular weight is 507 g/mol. The Morgan fingerprint density at radius 3 is 2.55 bits per heavy atom. The van der Waals surface area contributed by atoms with E-state index in [9.17, 15) is 0 Å². The van der Waals surface area contributed by atoms with E-state index in [1.165, 1.54) is 29.5 Å². The molecule has 2 aromatic rings. The van der Waals surface area contributed by atoms with Crippen molar-refractivity contribution in [2.45, 2.75) is 46.1 Å². The molecule has 29 heavy (non-hydrogen) atoms. The molecule has 1 saturated heterocycles. The summed E-state index contributed by atoms with van der Waals surface area (Å²) in [6.45, 7) is 11.0. The Hall–Kier alpha value is -1.83. The van der Waals surface area contributed by atoms with Crippen LogP contribution in [0.1, 0.15) is 49.3 Å². The molecule has 2 N–H and O–H groups in total. The second-order valence-electron chi connectivity index (χ2n) is 7.60. The molecular formula is C23H34IN5. The molecule has 0 amide bonds. The van der Waals surface area contributed by atoms with Crippen LogP contribution >= 0.6 is 24.0 Å². The SMILES string of the molecule is CCNC(=NCc1ccnc(N2CCCC2)c1)NCC(C)c1ccc(C)cc1.I. The van der Waals surface area contributed by atoms with Gasteiger partial charge in [0.15, 0.2) is 5.96 Å². The zero-order chi connectivity index (χ0) is 19.8. The first-order chi connectivity index (χ1) is 13.7. The molecule has 1 fully saturated rings. The van der Waals surface area contributed by atoms with Crippen molar-refractivity contribution < 1.29 is 0 Å². The molecule has 158 valence electrons. The van der Waals surface area contributed by atoms with Crippen LogP contribution in [0.15, 0.2) is 47.6 Å². The van der Waals surface area contributed by atoms with Gasteiger partial charge in [0.05, 0.1) is 6.54 Å². The maximum Gasteiger partial charge on any atom is 0.191 e. The minimum atomic E-state index is 0. The fraction of sp³-hybridized carbons (Fsp3) is 0.478. The van der Waals surface area contributed by atoms with Gasteiger partial charge >= 0.3 is 0 Å². The van der Waals surface area contributed by atoms with Gasteiger partial charge in [0.1, 0.15) is 5.82 Å². The summed E-state index contributed by atoms with van der Waals surface area (Å²) in [6.07, 6.45) is 4.42. The summed E-state index contributed by atoms with van der Waals surface area (Å²) in [5.74, 6) is 2.37. The maximum absolute atomic E-state index is 4.78. The molecule has 1 unspecified atom stereocenters. The molecule has 0 saturated carbocycles. The van der Waals surface area contributed by atoms with E-state index >= 15 is 0 Å². The topological polar surface area (TPSA) is 52.6 Å². The molecule has 0 aliphatic carbocycles. The van der Waals surface area contributed by atoms with Crippen molar-refractivity contribution in [2.75, 3.05) is 31.1 Å². The largest absolute Gasteiger partial charge is 0.357 e. The van der Waals surface area contributed by atoms with Crippen molar-refractivity contribution in [1.82, 2.24) is 15.6 Å². The van der Waals surface area contributed by atoms with Gasteiger partial charge in [-0.3, -0.25) is 0 Å². The number of aliphatic imine (C=N–C) groups is 1.